The summed E-state index contributed by atoms with van der Waals surface area (Å²) in [5, 5.41) is 23.7. The molecule has 5 aliphatic rings. The van der Waals surface area contributed by atoms with Crippen LogP contribution in [0.2, 0.25) is 0 Å². The van der Waals surface area contributed by atoms with E-state index < -0.39 is 34.9 Å². The summed E-state index contributed by atoms with van der Waals surface area (Å²) in [6, 6.07) is 8.00. The van der Waals surface area contributed by atoms with Crippen LogP contribution in [0, 0.1) is 11.8 Å². The van der Waals surface area contributed by atoms with E-state index in [0.717, 1.165) is 36.3 Å². The van der Waals surface area contributed by atoms with Crippen molar-refractivity contribution in [2.45, 2.75) is 74.4 Å². The van der Waals surface area contributed by atoms with Gasteiger partial charge in [-0.15, -0.1) is 0 Å². The summed E-state index contributed by atoms with van der Waals surface area (Å²) in [6.45, 7) is 3.84. The van der Waals surface area contributed by atoms with Crippen LogP contribution in [0.3, 0.4) is 0 Å². The number of benzene rings is 2. The average molecular weight is 569 g/mol. The number of amides is 1. The smallest absolute Gasteiger partial charge is 0.416 e. The van der Waals surface area contributed by atoms with E-state index >= 15 is 0 Å². The summed E-state index contributed by atoms with van der Waals surface area (Å²) < 4.78 is 46.1. The fourth-order valence-corrected chi connectivity index (χ4v) is 8.52. The minimum Gasteiger partial charge on any atom is -0.504 e. The molecule has 218 valence electrons. The molecule has 2 aromatic carbocycles. The summed E-state index contributed by atoms with van der Waals surface area (Å²) in [5.41, 5.74) is -0.381. The monoisotopic (exact) mass is 568 g/mol. The topological polar surface area (TPSA) is 73.2 Å². The van der Waals surface area contributed by atoms with E-state index in [0.29, 0.717) is 30.9 Å². The standard InChI is InChI=1S/C32H35F3N2O4/c1-18-14-23(36(2)26(39)11-8-19-4-3-5-22(15-19)32(33,34)35)29-30-12-13-37(17-20-6-7-20)25(31(18,30)40)16-21-9-10-24(38)28(41-29)27(21)30/h3-5,8-11,15,18,20,23,25,29,38,40H,6-7,12-14,16-17H2,1-2H3/t18-,23+,25+,29+,30-,31+/m0/s1. The molecule has 2 N–H and O–H groups in total. The van der Waals surface area contributed by atoms with Gasteiger partial charge in [0, 0.05) is 31.3 Å². The summed E-state index contributed by atoms with van der Waals surface area (Å²) in [4.78, 5) is 17.5. The molecule has 1 saturated heterocycles. The Kier molecular flexibility index (Phi) is 5.88. The molecule has 2 heterocycles. The minimum absolute atomic E-state index is 0.0403. The molecule has 1 spiro atoms. The van der Waals surface area contributed by atoms with Crippen LogP contribution in [0.25, 0.3) is 6.08 Å². The molecule has 0 aromatic heterocycles. The molecule has 2 aromatic rings. The number of likely N-dealkylation sites (N-methyl/N-ethyl adjacent to an activating group) is 1. The van der Waals surface area contributed by atoms with Crippen molar-refractivity contribution in [3.63, 3.8) is 0 Å². The summed E-state index contributed by atoms with van der Waals surface area (Å²) in [7, 11) is 1.69. The van der Waals surface area contributed by atoms with Gasteiger partial charge in [-0.25, -0.2) is 0 Å². The maximum atomic E-state index is 13.5. The maximum absolute atomic E-state index is 13.5. The van der Waals surface area contributed by atoms with Crippen molar-refractivity contribution in [3.8, 4) is 11.5 Å². The third-order valence-corrected chi connectivity index (χ3v) is 10.6. The molecule has 2 aliphatic heterocycles. The lowest BCUT2D eigenvalue weighted by Crippen LogP contribution is -2.80. The van der Waals surface area contributed by atoms with Crippen molar-refractivity contribution >= 4 is 12.0 Å². The van der Waals surface area contributed by atoms with Crippen LogP contribution in [-0.4, -0.2) is 69.8 Å². The largest absolute Gasteiger partial charge is 0.504 e. The fourth-order valence-electron chi connectivity index (χ4n) is 8.52. The lowest BCUT2D eigenvalue weighted by Gasteiger charge is -2.67. The Labute approximate surface area is 237 Å². The number of likely N-dealkylation sites (tertiary alicyclic amines) is 1. The zero-order valence-corrected chi connectivity index (χ0v) is 23.2. The zero-order valence-electron chi connectivity index (χ0n) is 23.2. The predicted molar refractivity (Wildman–Crippen MR) is 146 cm³/mol. The second-order valence-electron chi connectivity index (χ2n) is 12.8. The van der Waals surface area contributed by atoms with Gasteiger partial charge >= 0.3 is 6.18 Å². The highest BCUT2D eigenvalue weighted by atomic mass is 19.4. The van der Waals surface area contributed by atoms with Crippen molar-refractivity contribution in [1.82, 2.24) is 9.80 Å². The van der Waals surface area contributed by atoms with Gasteiger partial charge in [0.25, 0.3) is 0 Å². The van der Waals surface area contributed by atoms with Gasteiger partial charge in [0.05, 0.1) is 22.6 Å². The zero-order chi connectivity index (χ0) is 28.9. The molecule has 3 aliphatic carbocycles. The highest BCUT2D eigenvalue weighted by Crippen LogP contribution is 2.67. The van der Waals surface area contributed by atoms with Crippen LogP contribution in [0.1, 0.15) is 54.9 Å². The number of nitrogens with zero attached hydrogens (tertiary/aromatic N) is 2. The Hall–Kier alpha value is -3.04. The molecule has 0 radical (unpaired) electrons. The highest BCUT2D eigenvalue weighted by molar-refractivity contribution is 5.92. The summed E-state index contributed by atoms with van der Waals surface area (Å²) in [5.74, 6) is 0.615. The lowest BCUT2D eigenvalue weighted by atomic mass is 9.45. The maximum Gasteiger partial charge on any atom is 0.416 e. The van der Waals surface area contributed by atoms with Crippen molar-refractivity contribution < 1.29 is 32.9 Å². The van der Waals surface area contributed by atoms with Crippen LogP contribution >= 0.6 is 0 Å². The minimum atomic E-state index is -4.47. The van der Waals surface area contributed by atoms with E-state index in [9.17, 15) is 28.2 Å². The molecule has 7 rings (SSSR count). The first kappa shape index (κ1) is 26.8. The first-order valence-electron chi connectivity index (χ1n) is 14.6. The van der Waals surface area contributed by atoms with Crippen molar-refractivity contribution in [2.24, 2.45) is 11.8 Å². The SMILES string of the molecule is C[C@H]1C[C@@H](N(C)C(=O)C=Cc2cccc(C(F)(F)F)c2)[C@H]2Oc3c(O)ccc4c3[C@@]23CCN(CC2CC2)[C@H](C4)[C@]13O. The van der Waals surface area contributed by atoms with Crippen molar-refractivity contribution in [2.75, 3.05) is 20.1 Å². The van der Waals surface area contributed by atoms with E-state index in [1.54, 1.807) is 18.0 Å². The normalized spacial score (nSPS) is 33.9. The van der Waals surface area contributed by atoms with Crippen molar-refractivity contribution in [3.05, 3.63) is 64.7 Å². The molecule has 6 nitrogen and oxygen atoms in total. The number of rotatable bonds is 5. The van der Waals surface area contributed by atoms with E-state index in [4.69, 9.17) is 4.74 Å². The molecule has 2 saturated carbocycles. The Balaban J connectivity index is 1.24. The van der Waals surface area contributed by atoms with Crippen LogP contribution < -0.4 is 4.74 Å². The molecule has 6 atom stereocenters. The molecule has 41 heavy (non-hydrogen) atoms. The predicted octanol–water partition coefficient (Wildman–Crippen LogP) is 4.76. The second kappa shape index (κ2) is 8.98. The number of hydrogen-bond acceptors (Lipinski definition) is 5. The van der Waals surface area contributed by atoms with E-state index in [2.05, 4.69) is 11.8 Å². The van der Waals surface area contributed by atoms with Gasteiger partial charge in [0.15, 0.2) is 11.5 Å². The lowest BCUT2D eigenvalue weighted by molar-refractivity contribution is -0.224. The molecule has 3 fully saturated rings. The number of carbonyl (C=O) groups excluding carboxylic acids is 1. The number of phenolic OH excluding ortho intramolecular Hbond substituents is 1. The van der Waals surface area contributed by atoms with Gasteiger partial charge in [-0.3, -0.25) is 9.69 Å². The highest BCUT2D eigenvalue weighted by Gasteiger charge is 2.75. The van der Waals surface area contributed by atoms with Gasteiger partial charge in [-0.2, -0.15) is 13.2 Å². The number of hydrogen-bond donors (Lipinski definition) is 2. The molecular weight excluding hydrogens is 533 g/mol. The first-order chi connectivity index (χ1) is 19.4. The van der Waals surface area contributed by atoms with E-state index in [-0.39, 0.29) is 29.2 Å². The third-order valence-electron chi connectivity index (χ3n) is 10.6. The average Bonchev–Trinajstić information content (AvgIpc) is 3.68. The Bertz CT molecular complexity index is 1440. The number of aromatic hydroxyl groups is 1. The first-order valence-corrected chi connectivity index (χ1v) is 14.6. The van der Waals surface area contributed by atoms with Crippen molar-refractivity contribution in [1.29, 1.82) is 0 Å². The number of piperidine rings is 1. The van der Waals surface area contributed by atoms with E-state index in [1.165, 1.54) is 37.1 Å². The van der Waals surface area contributed by atoms with Crippen LogP contribution in [0.5, 0.6) is 11.5 Å². The van der Waals surface area contributed by atoms with E-state index in [1.807, 2.05) is 6.07 Å². The summed E-state index contributed by atoms with van der Waals surface area (Å²) >= 11 is 0. The number of phenols is 1. The quantitative estimate of drug-likeness (QED) is 0.509. The van der Waals surface area contributed by atoms with Gasteiger partial charge in [0.2, 0.25) is 5.91 Å². The Morgan fingerprint density at radius 3 is 2.76 bits per heavy atom. The molecule has 0 unspecified atom stereocenters. The molecule has 9 heteroatoms. The number of alkyl halides is 3. The Morgan fingerprint density at radius 1 is 1.24 bits per heavy atom. The molecular formula is C32H35F3N2O4. The number of ether oxygens (including phenoxy) is 1. The number of aliphatic hydroxyl groups is 1. The molecule has 1 amide bonds. The van der Waals surface area contributed by atoms with Gasteiger partial charge in [-0.05, 0) is 85.9 Å². The Morgan fingerprint density at radius 2 is 2.02 bits per heavy atom. The number of halogens is 3. The fraction of sp³-hybridized carbons (Fsp3) is 0.531. The van der Waals surface area contributed by atoms with Crippen LogP contribution in [-0.2, 0) is 22.8 Å². The van der Waals surface area contributed by atoms with Gasteiger partial charge in [0.1, 0.15) is 6.10 Å². The molecule has 2 bridgehead atoms. The van der Waals surface area contributed by atoms with Gasteiger partial charge < -0.3 is 19.8 Å². The van der Waals surface area contributed by atoms with Gasteiger partial charge in [-0.1, -0.05) is 25.1 Å². The number of carbonyl (C=O) groups is 1. The third kappa shape index (κ3) is 3.80. The van der Waals surface area contributed by atoms with Crippen LogP contribution in [0.15, 0.2) is 42.5 Å². The van der Waals surface area contributed by atoms with Crippen LogP contribution in [0.4, 0.5) is 13.2 Å². The summed E-state index contributed by atoms with van der Waals surface area (Å²) in [6.07, 6.45) is 1.97. The second-order valence-corrected chi connectivity index (χ2v) is 12.8.